The van der Waals surface area contributed by atoms with Gasteiger partial charge in [0.05, 0.1) is 0 Å². The van der Waals surface area contributed by atoms with E-state index in [2.05, 4.69) is 15.6 Å². The fraction of sp³-hybridized carbons (Fsp3) is 0.235. The van der Waals surface area contributed by atoms with Crippen LogP contribution < -0.4 is 10.6 Å². The molecule has 2 aromatic rings. The van der Waals surface area contributed by atoms with Gasteiger partial charge in [-0.1, -0.05) is 19.1 Å². The van der Waals surface area contributed by atoms with Gasteiger partial charge in [-0.3, -0.25) is 14.6 Å². The van der Waals surface area contributed by atoms with Crippen molar-refractivity contribution in [1.82, 2.24) is 10.3 Å². The van der Waals surface area contributed by atoms with Crippen LogP contribution in [-0.4, -0.2) is 23.2 Å². The molecule has 0 saturated carbocycles. The van der Waals surface area contributed by atoms with Gasteiger partial charge in [-0.25, -0.2) is 0 Å². The molecule has 5 nitrogen and oxygen atoms in total. The lowest BCUT2D eigenvalue weighted by molar-refractivity contribution is 0.0947. The molecule has 0 aliphatic rings. The number of hydrogen-bond donors (Lipinski definition) is 2. The highest BCUT2D eigenvalue weighted by molar-refractivity contribution is 5.95. The first-order valence-electron chi connectivity index (χ1n) is 7.22. The molecule has 0 aliphatic heterocycles. The fourth-order valence-corrected chi connectivity index (χ4v) is 1.94. The zero-order valence-electron chi connectivity index (χ0n) is 12.7. The molecule has 0 spiro atoms. The van der Waals surface area contributed by atoms with Crippen molar-refractivity contribution >= 4 is 23.1 Å². The van der Waals surface area contributed by atoms with Gasteiger partial charge in [0.25, 0.3) is 5.91 Å². The van der Waals surface area contributed by atoms with Crippen molar-refractivity contribution in [2.45, 2.75) is 20.3 Å². The molecule has 2 rings (SSSR count). The smallest absolute Gasteiger partial charge is 0.269 e. The average molecular weight is 297 g/mol. The molecule has 2 N–H and O–H groups in total. The van der Waals surface area contributed by atoms with Crippen molar-refractivity contribution in [3.63, 3.8) is 0 Å². The summed E-state index contributed by atoms with van der Waals surface area (Å²) in [6.07, 6.45) is 2.46. The molecule has 1 heterocycles. The number of nitrogens with zero attached hydrogens (tertiary/aromatic N) is 1. The highest BCUT2D eigenvalue weighted by Gasteiger charge is 2.07. The Morgan fingerprint density at radius 2 is 1.91 bits per heavy atom. The number of pyridine rings is 1. The first-order valence-corrected chi connectivity index (χ1v) is 7.22. The third-order valence-electron chi connectivity index (χ3n) is 3.09. The van der Waals surface area contributed by atoms with Crippen molar-refractivity contribution in [2.24, 2.45) is 0 Å². The maximum Gasteiger partial charge on any atom is 0.269 e. The van der Waals surface area contributed by atoms with E-state index >= 15 is 0 Å². The van der Waals surface area contributed by atoms with Gasteiger partial charge in [-0.15, -0.1) is 0 Å². The molecule has 1 amide bonds. The third kappa shape index (κ3) is 4.15. The zero-order chi connectivity index (χ0) is 15.9. The molecule has 5 heteroatoms. The second-order valence-corrected chi connectivity index (χ2v) is 4.95. The number of carbonyl (C=O) groups is 2. The van der Waals surface area contributed by atoms with Gasteiger partial charge in [0.1, 0.15) is 5.69 Å². The summed E-state index contributed by atoms with van der Waals surface area (Å²) >= 11 is 0. The molecular formula is C17H19N3O2. The predicted octanol–water partition coefficient (Wildman–Crippen LogP) is 3.17. The van der Waals surface area contributed by atoms with Crippen LogP contribution in [0.4, 0.5) is 11.4 Å². The third-order valence-corrected chi connectivity index (χ3v) is 3.09. The Morgan fingerprint density at radius 3 is 2.64 bits per heavy atom. The largest absolute Gasteiger partial charge is 0.355 e. The van der Waals surface area contributed by atoms with Crippen LogP contribution in [0.5, 0.6) is 0 Å². The first-order chi connectivity index (χ1) is 10.6. The number of aromatic nitrogens is 1. The minimum absolute atomic E-state index is 0.0120. The topological polar surface area (TPSA) is 71.1 Å². The molecule has 0 bridgehead atoms. The summed E-state index contributed by atoms with van der Waals surface area (Å²) in [5.74, 6) is -0.180. The van der Waals surface area contributed by atoms with Gasteiger partial charge < -0.3 is 10.6 Å². The van der Waals surface area contributed by atoms with E-state index in [1.807, 2.05) is 19.1 Å². The Morgan fingerprint density at radius 1 is 1.14 bits per heavy atom. The Hall–Kier alpha value is -2.69. The highest BCUT2D eigenvalue weighted by Crippen LogP contribution is 2.18. The number of rotatable bonds is 6. The summed E-state index contributed by atoms with van der Waals surface area (Å²) in [7, 11) is 0. The molecule has 114 valence electrons. The van der Waals surface area contributed by atoms with E-state index in [0.29, 0.717) is 17.8 Å². The van der Waals surface area contributed by atoms with Gasteiger partial charge in [-0.2, -0.15) is 0 Å². The lowest BCUT2D eigenvalue weighted by atomic mass is 10.1. The van der Waals surface area contributed by atoms with Crippen molar-refractivity contribution in [2.75, 3.05) is 11.9 Å². The van der Waals surface area contributed by atoms with E-state index in [1.54, 1.807) is 30.5 Å². The molecule has 0 aliphatic carbocycles. The van der Waals surface area contributed by atoms with E-state index in [0.717, 1.165) is 17.8 Å². The van der Waals surface area contributed by atoms with E-state index in [-0.39, 0.29) is 11.7 Å². The Bertz CT molecular complexity index is 683. The van der Waals surface area contributed by atoms with Crippen molar-refractivity contribution in [3.8, 4) is 0 Å². The maximum atomic E-state index is 11.9. The number of anilines is 2. The van der Waals surface area contributed by atoms with Gasteiger partial charge in [-0.05, 0) is 37.6 Å². The number of nitrogens with one attached hydrogen (secondary N) is 2. The highest BCUT2D eigenvalue weighted by atomic mass is 16.1. The number of carbonyl (C=O) groups excluding carboxylic acids is 2. The van der Waals surface area contributed by atoms with Crippen LogP contribution in [0.15, 0.2) is 42.6 Å². The van der Waals surface area contributed by atoms with E-state index in [9.17, 15) is 9.59 Å². The molecular weight excluding hydrogens is 278 g/mol. The monoisotopic (exact) mass is 297 g/mol. The second-order valence-electron chi connectivity index (χ2n) is 4.95. The number of ketones is 1. The van der Waals surface area contributed by atoms with Crippen LogP contribution in [0.2, 0.25) is 0 Å². The molecule has 22 heavy (non-hydrogen) atoms. The van der Waals surface area contributed by atoms with Crippen molar-refractivity contribution in [3.05, 3.63) is 53.9 Å². The summed E-state index contributed by atoms with van der Waals surface area (Å²) < 4.78 is 0. The number of hydrogen-bond acceptors (Lipinski definition) is 4. The average Bonchev–Trinajstić information content (AvgIpc) is 2.53. The molecule has 1 aromatic heterocycles. The summed E-state index contributed by atoms with van der Waals surface area (Å²) in [5.41, 5.74) is 2.54. The lowest BCUT2D eigenvalue weighted by Gasteiger charge is -2.09. The number of benzene rings is 1. The quantitative estimate of drug-likeness (QED) is 0.803. The molecule has 0 radical (unpaired) electrons. The van der Waals surface area contributed by atoms with Crippen LogP contribution in [0.1, 0.15) is 41.1 Å². The van der Waals surface area contributed by atoms with E-state index in [4.69, 9.17) is 0 Å². The fourth-order valence-electron chi connectivity index (χ4n) is 1.94. The molecule has 0 unspecified atom stereocenters. The van der Waals surface area contributed by atoms with Crippen LogP contribution in [0.25, 0.3) is 0 Å². The molecule has 0 saturated heterocycles. The normalized spacial score (nSPS) is 10.1. The molecule has 0 fully saturated rings. The minimum Gasteiger partial charge on any atom is -0.355 e. The summed E-state index contributed by atoms with van der Waals surface area (Å²) in [5, 5.41) is 5.97. The standard InChI is InChI=1S/C17H19N3O2/c1-3-8-19-17(22)16-11-15(7-9-18-16)20-14-6-4-5-13(10-14)12(2)21/h4-7,9-11H,3,8H2,1-2H3,(H,18,20)(H,19,22). The van der Waals surface area contributed by atoms with Crippen molar-refractivity contribution < 1.29 is 9.59 Å². The van der Waals surface area contributed by atoms with Gasteiger partial charge in [0.15, 0.2) is 5.78 Å². The van der Waals surface area contributed by atoms with E-state index in [1.165, 1.54) is 6.92 Å². The number of Topliss-reactive ketones (excluding diaryl/α,β-unsaturated/α-hetero) is 1. The Balaban J connectivity index is 2.15. The summed E-state index contributed by atoms with van der Waals surface area (Å²) in [6.45, 7) is 4.15. The van der Waals surface area contributed by atoms with Crippen LogP contribution in [0, 0.1) is 0 Å². The molecule has 1 aromatic carbocycles. The van der Waals surface area contributed by atoms with Crippen molar-refractivity contribution in [1.29, 1.82) is 0 Å². The molecule has 0 atom stereocenters. The van der Waals surface area contributed by atoms with Gasteiger partial charge in [0.2, 0.25) is 0 Å². The van der Waals surface area contributed by atoms with Crippen LogP contribution in [-0.2, 0) is 0 Å². The zero-order valence-corrected chi connectivity index (χ0v) is 12.7. The first kappa shape index (κ1) is 15.7. The van der Waals surface area contributed by atoms with Gasteiger partial charge >= 0.3 is 0 Å². The lowest BCUT2D eigenvalue weighted by Crippen LogP contribution is -2.24. The van der Waals surface area contributed by atoms with Crippen LogP contribution >= 0.6 is 0 Å². The van der Waals surface area contributed by atoms with Crippen LogP contribution in [0.3, 0.4) is 0 Å². The van der Waals surface area contributed by atoms with Gasteiger partial charge in [0, 0.05) is 29.7 Å². The maximum absolute atomic E-state index is 11.9. The predicted molar refractivity (Wildman–Crippen MR) is 86.6 cm³/mol. The minimum atomic E-state index is -0.192. The summed E-state index contributed by atoms with van der Waals surface area (Å²) in [4.78, 5) is 27.4. The summed E-state index contributed by atoms with van der Waals surface area (Å²) in [6, 6.07) is 10.7. The van der Waals surface area contributed by atoms with E-state index < -0.39 is 0 Å². The number of amides is 1. The Labute approximate surface area is 129 Å². The second kappa shape index (κ2) is 7.36. The Kier molecular flexibility index (Phi) is 5.25. The SMILES string of the molecule is CCCNC(=O)c1cc(Nc2cccc(C(C)=O)c2)ccn1.